The molecule has 0 aliphatic heterocycles. The van der Waals surface area contributed by atoms with Gasteiger partial charge < -0.3 is 5.32 Å². The molecule has 1 heterocycles. The van der Waals surface area contributed by atoms with Crippen LogP contribution >= 0.6 is 11.5 Å². The van der Waals surface area contributed by atoms with E-state index in [9.17, 15) is 4.79 Å². The summed E-state index contributed by atoms with van der Waals surface area (Å²) < 4.78 is 4.09. The molecule has 0 saturated carbocycles. The van der Waals surface area contributed by atoms with Crippen molar-refractivity contribution in [2.75, 3.05) is 5.32 Å². The summed E-state index contributed by atoms with van der Waals surface area (Å²) in [6, 6.07) is 0. The first-order chi connectivity index (χ1) is 6.37. The van der Waals surface area contributed by atoms with Crippen LogP contribution in [0.5, 0.6) is 0 Å². The number of ketones is 1. The van der Waals surface area contributed by atoms with Crippen molar-refractivity contribution in [3.8, 4) is 0 Å². The maximum Gasteiger partial charge on any atom is 0.202 e. The van der Waals surface area contributed by atoms with Crippen molar-refractivity contribution in [1.29, 1.82) is 0 Å². The van der Waals surface area contributed by atoms with Crippen LogP contribution in [0.2, 0.25) is 0 Å². The number of nitrogens with one attached hydrogen (secondary N) is 1. The monoisotopic (exact) mass is 213 g/mol. The van der Waals surface area contributed by atoms with E-state index >= 15 is 0 Å². The summed E-state index contributed by atoms with van der Waals surface area (Å²) in [5.74, 6) is 0.694. The Morgan fingerprint density at radius 1 is 1.50 bits per heavy atom. The normalized spacial score (nSPS) is 11.4. The molecule has 5 heteroatoms. The molecule has 0 aliphatic rings. The number of anilines is 1. The fraction of sp³-hybridized carbons (Fsp3) is 0.667. The molecule has 0 aromatic carbocycles. The average molecular weight is 213 g/mol. The van der Waals surface area contributed by atoms with Crippen LogP contribution in [0.25, 0.3) is 0 Å². The molecule has 0 amide bonds. The first kappa shape index (κ1) is 11.1. The third-order valence-electron chi connectivity index (χ3n) is 1.36. The molecular formula is C9H15N3OS. The Kier molecular flexibility index (Phi) is 3.21. The summed E-state index contributed by atoms with van der Waals surface area (Å²) in [4.78, 5) is 15.0. The van der Waals surface area contributed by atoms with Crippen molar-refractivity contribution < 1.29 is 4.79 Å². The number of Topliss-reactive ketones (excluding diaryl/α,β-unsaturated/α-hetero) is 1. The van der Waals surface area contributed by atoms with Gasteiger partial charge in [0.1, 0.15) is 5.78 Å². The highest BCUT2D eigenvalue weighted by Crippen LogP contribution is 2.16. The fourth-order valence-corrected chi connectivity index (χ4v) is 1.72. The molecule has 1 aromatic heterocycles. The van der Waals surface area contributed by atoms with E-state index in [1.807, 2.05) is 0 Å². The van der Waals surface area contributed by atoms with Crippen LogP contribution in [0, 0.1) is 0 Å². The largest absolute Gasteiger partial charge is 0.356 e. The van der Waals surface area contributed by atoms with E-state index in [1.54, 1.807) is 0 Å². The van der Waals surface area contributed by atoms with E-state index in [4.69, 9.17) is 0 Å². The quantitative estimate of drug-likeness (QED) is 0.833. The van der Waals surface area contributed by atoms with Gasteiger partial charge in [0.25, 0.3) is 0 Å². The number of carbonyl (C=O) groups excluding carboxylic acids is 1. The zero-order valence-electron chi connectivity index (χ0n) is 8.92. The van der Waals surface area contributed by atoms with Crippen molar-refractivity contribution >= 4 is 22.4 Å². The van der Waals surface area contributed by atoms with Gasteiger partial charge >= 0.3 is 0 Å². The van der Waals surface area contributed by atoms with E-state index in [0.29, 0.717) is 12.2 Å². The topological polar surface area (TPSA) is 54.9 Å². The van der Waals surface area contributed by atoms with Crippen molar-refractivity contribution in [2.24, 2.45) is 0 Å². The molecule has 0 bridgehead atoms. The fourth-order valence-electron chi connectivity index (χ4n) is 0.920. The minimum atomic E-state index is -0.0208. The van der Waals surface area contributed by atoms with Gasteiger partial charge in [-0.2, -0.15) is 4.37 Å². The second-order valence-electron chi connectivity index (χ2n) is 4.27. The van der Waals surface area contributed by atoms with Crippen LogP contribution in [0.1, 0.15) is 33.5 Å². The Balaban J connectivity index is 2.64. The van der Waals surface area contributed by atoms with Crippen LogP contribution < -0.4 is 5.32 Å². The molecule has 1 N–H and O–H groups in total. The molecule has 0 unspecified atom stereocenters. The molecule has 0 aliphatic carbocycles. The molecule has 0 atom stereocenters. The first-order valence-electron chi connectivity index (χ1n) is 4.47. The van der Waals surface area contributed by atoms with E-state index in [-0.39, 0.29) is 11.3 Å². The lowest BCUT2D eigenvalue weighted by molar-refractivity contribution is -0.116. The van der Waals surface area contributed by atoms with Crippen LogP contribution in [-0.4, -0.2) is 20.7 Å². The van der Waals surface area contributed by atoms with Crippen LogP contribution in [0.15, 0.2) is 0 Å². The van der Waals surface area contributed by atoms with Gasteiger partial charge in [0.15, 0.2) is 5.82 Å². The molecule has 0 fully saturated rings. The Hall–Kier alpha value is -0.970. The van der Waals surface area contributed by atoms with Gasteiger partial charge in [0.2, 0.25) is 5.13 Å². The number of rotatable bonds is 3. The number of aromatic nitrogens is 2. The van der Waals surface area contributed by atoms with Gasteiger partial charge in [0.05, 0.1) is 6.42 Å². The van der Waals surface area contributed by atoms with E-state index in [0.717, 1.165) is 5.13 Å². The molecule has 1 rings (SSSR count). The van der Waals surface area contributed by atoms with Gasteiger partial charge in [0, 0.05) is 17.1 Å². The molecule has 0 radical (unpaired) electrons. The van der Waals surface area contributed by atoms with Gasteiger partial charge in [-0.25, -0.2) is 4.98 Å². The minimum absolute atomic E-state index is 0.0208. The zero-order chi connectivity index (χ0) is 10.8. The summed E-state index contributed by atoms with van der Waals surface area (Å²) in [6.07, 6.45) is 0.322. The molecule has 4 nitrogen and oxygen atoms in total. The summed E-state index contributed by atoms with van der Waals surface area (Å²) in [6.45, 7) is 7.70. The molecule has 78 valence electrons. The van der Waals surface area contributed by atoms with Gasteiger partial charge in [-0.05, 0) is 27.7 Å². The maximum atomic E-state index is 10.8. The van der Waals surface area contributed by atoms with Gasteiger partial charge in [-0.15, -0.1) is 0 Å². The predicted octanol–water partition coefficient (Wildman–Crippen LogP) is 1.88. The minimum Gasteiger partial charge on any atom is -0.356 e. The molecular weight excluding hydrogens is 198 g/mol. The zero-order valence-corrected chi connectivity index (χ0v) is 9.73. The lowest BCUT2D eigenvalue weighted by atomic mass is 10.1. The number of carbonyl (C=O) groups is 1. The van der Waals surface area contributed by atoms with Crippen molar-refractivity contribution in [1.82, 2.24) is 9.36 Å². The SMILES string of the molecule is CC(=O)Cc1nsc(NC(C)(C)C)n1. The predicted molar refractivity (Wildman–Crippen MR) is 57.7 cm³/mol. The summed E-state index contributed by atoms with van der Waals surface area (Å²) in [7, 11) is 0. The van der Waals surface area contributed by atoms with Crippen LogP contribution in [-0.2, 0) is 11.2 Å². The summed E-state index contributed by atoms with van der Waals surface area (Å²) in [5.41, 5.74) is -0.0208. The first-order valence-corrected chi connectivity index (χ1v) is 5.24. The average Bonchev–Trinajstić information content (AvgIpc) is 2.30. The highest BCUT2D eigenvalue weighted by molar-refractivity contribution is 7.09. The molecule has 0 saturated heterocycles. The summed E-state index contributed by atoms with van der Waals surface area (Å²) in [5, 5.41) is 3.98. The Labute approximate surface area is 87.9 Å². The van der Waals surface area contributed by atoms with Gasteiger partial charge in [-0.1, -0.05) is 0 Å². The number of nitrogens with zero attached hydrogens (tertiary/aromatic N) is 2. The van der Waals surface area contributed by atoms with E-state index in [1.165, 1.54) is 18.5 Å². The molecule has 0 spiro atoms. The lowest BCUT2D eigenvalue weighted by Crippen LogP contribution is -2.25. The van der Waals surface area contributed by atoms with Crippen LogP contribution in [0.4, 0.5) is 5.13 Å². The highest BCUT2D eigenvalue weighted by Gasteiger charge is 2.13. The molecule has 14 heavy (non-hydrogen) atoms. The van der Waals surface area contributed by atoms with E-state index in [2.05, 4.69) is 35.4 Å². The molecule has 1 aromatic rings. The second-order valence-corrected chi connectivity index (χ2v) is 5.02. The summed E-state index contributed by atoms with van der Waals surface area (Å²) >= 11 is 1.29. The Morgan fingerprint density at radius 3 is 2.64 bits per heavy atom. The second kappa shape index (κ2) is 4.04. The van der Waals surface area contributed by atoms with Crippen molar-refractivity contribution in [3.63, 3.8) is 0 Å². The highest BCUT2D eigenvalue weighted by atomic mass is 32.1. The smallest absolute Gasteiger partial charge is 0.202 e. The van der Waals surface area contributed by atoms with E-state index < -0.39 is 0 Å². The third kappa shape index (κ3) is 3.83. The standard InChI is InChI=1S/C9H15N3OS/c1-6(13)5-7-10-8(14-12-7)11-9(2,3)4/h5H2,1-4H3,(H,10,11,12). The third-order valence-corrected chi connectivity index (χ3v) is 2.03. The lowest BCUT2D eigenvalue weighted by Gasteiger charge is -2.18. The Bertz CT molecular complexity index is 327. The van der Waals surface area contributed by atoms with Crippen LogP contribution in [0.3, 0.4) is 0 Å². The maximum absolute atomic E-state index is 10.8. The number of hydrogen-bond donors (Lipinski definition) is 1. The van der Waals surface area contributed by atoms with Crippen molar-refractivity contribution in [3.05, 3.63) is 5.82 Å². The number of hydrogen-bond acceptors (Lipinski definition) is 5. The van der Waals surface area contributed by atoms with Crippen molar-refractivity contribution in [2.45, 2.75) is 39.7 Å². The Morgan fingerprint density at radius 2 is 2.14 bits per heavy atom. The van der Waals surface area contributed by atoms with Gasteiger partial charge in [-0.3, -0.25) is 4.79 Å².